The summed E-state index contributed by atoms with van der Waals surface area (Å²) in [6.45, 7) is 3.74. The summed E-state index contributed by atoms with van der Waals surface area (Å²) in [7, 11) is 6.35. The van der Waals surface area contributed by atoms with Gasteiger partial charge in [-0.15, -0.1) is 0 Å². The minimum Gasteiger partial charge on any atom is -0.396 e. The molecule has 0 aromatic carbocycles. The van der Waals surface area contributed by atoms with Crippen molar-refractivity contribution in [2.75, 3.05) is 47.4 Å². The van der Waals surface area contributed by atoms with E-state index in [1.165, 1.54) is 6.42 Å². The SMILES string of the molecule is CN(C)CCCN(C)CCCCO. The maximum atomic E-state index is 8.60. The highest BCUT2D eigenvalue weighted by atomic mass is 16.2. The highest BCUT2D eigenvalue weighted by molar-refractivity contribution is 4.53. The molecule has 0 spiro atoms. The Morgan fingerprint density at radius 2 is 1.46 bits per heavy atom. The Kier molecular flexibility index (Phi) is 8.40. The molecule has 3 heteroatoms. The van der Waals surface area contributed by atoms with E-state index in [4.69, 9.17) is 5.11 Å². The Balaban J connectivity index is 3.15. The second kappa shape index (κ2) is 8.48. The predicted octanol–water partition coefficient (Wildman–Crippen LogP) is 0.642. The summed E-state index contributed by atoms with van der Waals surface area (Å²) in [4.78, 5) is 4.54. The largest absolute Gasteiger partial charge is 0.396 e. The number of rotatable bonds is 8. The standard InChI is InChI=1S/C10H24N2O/c1-11(2)7-6-9-12(3)8-4-5-10-13/h13H,4-10H2,1-3H3. The zero-order chi connectivity index (χ0) is 10.1. The van der Waals surface area contributed by atoms with E-state index in [2.05, 4.69) is 30.9 Å². The molecule has 13 heavy (non-hydrogen) atoms. The van der Waals surface area contributed by atoms with E-state index < -0.39 is 0 Å². The van der Waals surface area contributed by atoms with E-state index in [1.807, 2.05) is 0 Å². The van der Waals surface area contributed by atoms with Gasteiger partial charge >= 0.3 is 0 Å². The zero-order valence-electron chi connectivity index (χ0n) is 9.29. The van der Waals surface area contributed by atoms with Crippen LogP contribution in [0, 0.1) is 0 Å². The van der Waals surface area contributed by atoms with Gasteiger partial charge < -0.3 is 14.9 Å². The van der Waals surface area contributed by atoms with Gasteiger partial charge in [0.25, 0.3) is 0 Å². The summed E-state index contributed by atoms with van der Waals surface area (Å²) in [5, 5.41) is 8.60. The molecule has 3 nitrogen and oxygen atoms in total. The molecular weight excluding hydrogens is 164 g/mol. The van der Waals surface area contributed by atoms with Crippen molar-refractivity contribution in [3.8, 4) is 0 Å². The van der Waals surface area contributed by atoms with Gasteiger partial charge in [-0.3, -0.25) is 0 Å². The van der Waals surface area contributed by atoms with Gasteiger partial charge in [-0.1, -0.05) is 0 Å². The van der Waals surface area contributed by atoms with Crippen LogP contribution in [0.4, 0.5) is 0 Å². The lowest BCUT2D eigenvalue weighted by Crippen LogP contribution is -2.24. The fourth-order valence-corrected chi connectivity index (χ4v) is 1.26. The van der Waals surface area contributed by atoms with Gasteiger partial charge in [-0.25, -0.2) is 0 Å². The van der Waals surface area contributed by atoms with Crippen LogP contribution in [0.3, 0.4) is 0 Å². The maximum absolute atomic E-state index is 8.60. The average molecular weight is 188 g/mol. The molecule has 0 amide bonds. The van der Waals surface area contributed by atoms with Crippen molar-refractivity contribution in [1.29, 1.82) is 0 Å². The first kappa shape index (κ1) is 12.9. The molecule has 0 atom stereocenters. The van der Waals surface area contributed by atoms with Crippen LogP contribution < -0.4 is 0 Å². The molecule has 0 heterocycles. The molecule has 0 aromatic heterocycles. The summed E-state index contributed by atoms with van der Waals surface area (Å²) in [5.74, 6) is 0. The fourth-order valence-electron chi connectivity index (χ4n) is 1.26. The fraction of sp³-hybridized carbons (Fsp3) is 1.00. The predicted molar refractivity (Wildman–Crippen MR) is 57.0 cm³/mol. The monoisotopic (exact) mass is 188 g/mol. The summed E-state index contributed by atoms with van der Waals surface area (Å²) >= 11 is 0. The highest BCUT2D eigenvalue weighted by Crippen LogP contribution is 1.94. The van der Waals surface area contributed by atoms with Crippen LogP contribution in [-0.2, 0) is 0 Å². The van der Waals surface area contributed by atoms with Gasteiger partial charge in [0, 0.05) is 6.61 Å². The number of nitrogens with zero attached hydrogens (tertiary/aromatic N) is 2. The van der Waals surface area contributed by atoms with E-state index in [0.717, 1.165) is 32.5 Å². The molecule has 0 radical (unpaired) electrons. The molecule has 0 aliphatic heterocycles. The normalized spacial score (nSPS) is 11.5. The Labute approximate surface area is 82.3 Å². The third-order valence-electron chi connectivity index (χ3n) is 2.09. The van der Waals surface area contributed by atoms with Crippen LogP contribution in [0.15, 0.2) is 0 Å². The molecule has 0 saturated carbocycles. The first-order valence-corrected chi connectivity index (χ1v) is 5.11. The molecule has 1 N–H and O–H groups in total. The molecule has 0 rings (SSSR count). The van der Waals surface area contributed by atoms with Gasteiger partial charge in [0.1, 0.15) is 0 Å². The van der Waals surface area contributed by atoms with Crippen LogP contribution >= 0.6 is 0 Å². The second-order valence-electron chi connectivity index (χ2n) is 3.89. The maximum Gasteiger partial charge on any atom is 0.0431 e. The minimum absolute atomic E-state index is 0.325. The van der Waals surface area contributed by atoms with Crippen molar-refractivity contribution < 1.29 is 5.11 Å². The molecule has 0 fully saturated rings. The average Bonchev–Trinajstić information content (AvgIpc) is 2.04. The number of aliphatic hydroxyl groups is 1. The number of unbranched alkanes of at least 4 members (excludes halogenated alkanes) is 1. The Morgan fingerprint density at radius 3 is 2.00 bits per heavy atom. The molecule has 0 bridgehead atoms. The lowest BCUT2D eigenvalue weighted by molar-refractivity contribution is 0.257. The van der Waals surface area contributed by atoms with Crippen molar-refractivity contribution in [3.63, 3.8) is 0 Å². The zero-order valence-corrected chi connectivity index (χ0v) is 9.29. The van der Waals surface area contributed by atoms with E-state index in [1.54, 1.807) is 0 Å². The van der Waals surface area contributed by atoms with Crippen LogP contribution in [0.25, 0.3) is 0 Å². The topological polar surface area (TPSA) is 26.7 Å². The van der Waals surface area contributed by atoms with Gasteiger partial charge in [0.2, 0.25) is 0 Å². The second-order valence-corrected chi connectivity index (χ2v) is 3.89. The summed E-state index contributed by atoms with van der Waals surface area (Å²) in [6, 6.07) is 0. The van der Waals surface area contributed by atoms with Gasteiger partial charge in [0.15, 0.2) is 0 Å². The number of hydrogen-bond acceptors (Lipinski definition) is 3. The third-order valence-corrected chi connectivity index (χ3v) is 2.09. The Morgan fingerprint density at radius 1 is 0.846 bits per heavy atom. The highest BCUT2D eigenvalue weighted by Gasteiger charge is 1.97. The van der Waals surface area contributed by atoms with Gasteiger partial charge in [-0.2, -0.15) is 0 Å². The molecule has 80 valence electrons. The smallest absolute Gasteiger partial charge is 0.0431 e. The van der Waals surface area contributed by atoms with E-state index in [9.17, 15) is 0 Å². The van der Waals surface area contributed by atoms with Gasteiger partial charge in [0.05, 0.1) is 0 Å². The van der Waals surface area contributed by atoms with Crippen molar-refractivity contribution in [2.45, 2.75) is 19.3 Å². The molecule has 0 aliphatic carbocycles. The van der Waals surface area contributed by atoms with Crippen LogP contribution in [-0.4, -0.2) is 62.3 Å². The van der Waals surface area contributed by atoms with Crippen LogP contribution in [0.2, 0.25) is 0 Å². The van der Waals surface area contributed by atoms with Crippen molar-refractivity contribution in [1.82, 2.24) is 9.80 Å². The Bertz CT molecular complexity index is 107. The lowest BCUT2D eigenvalue weighted by atomic mass is 10.3. The number of hydrogen-bond donors (Lipinski definition) is 1. The van der Waals surface area contributed by atoms with Crippen LogP contribution in [0.1, 0.15) is 19.3 Å². The summed E-state index contributed by atoms with van der Waals surface area (Å²) < 4.78 is 0. The molecule has 0 aromatic rings. The first-order valence-electron chi connectivity index (χ1n) is 5.11. The lowest BCUT2D eigenvalue weighted by Gasteiger charge is -2.17. The van der Waals surface area contributed by atoms with E-state index in [0.29, 0.717) is 6.61 Å². The van der Waals surface area contributed by atoms with Gasteiger partial charge in [-0.05, 0) is 60.0 Å². The molecule has 0 saturated heterocycles. The number of aliphatic hydroxyl groups excluding tert-OH is 1. The van der Waals surface area contributed by atoms with Crippen LogP contribution in [0.5, 0.6) is 0 Å². The minimum atomic E-state index is 0.325. The van der Waals surface area contributed by atoms with Crippen molar-refractivity contribution in [2.24, 2.45) is 0 Å². The molecule has 0 unspecified atom stereocenters. The first-order chi connectivity index (χ1) is 6.16. The third kappa shape index (κ3) is 9.80. The molecule has 0 aliphatic rings. The van der Waals surface area contributed by atoms with Crippen molar-refractivity contribution in [3.05, 3.63) is 0 Å². The Hall–Kier alpha value is -0.120. The summed E-state index contributed by atoms with van der Waals surface area (Å²) in [5.41, 5.74) is 0. The molecular formula is C10H24N2O. The summed E-state index contributed by atoms with van der Waals surface area (Å²) in [6.07, 6.45) is 3.26. The van der Waals surface area contributed by atoms with E-state index >= 15 is 0 Å². The quantitative estimate of drug-likeness (QED) is 0.566. The van der Waals surface area contributed by atoms with E-state index in [-0.39, 0.29) is 0 Å². The van der Waals surface area contributed by atoms with Crippen molar-refractivity contribution >= 4 is 0 Å².